The molecule has 0 heterocycles. The second-order valence-corrected chi connectivity index (χ2v) is 4.78. The van der Waals surface area contributed by atoms with E-state index in [0.717, 1.165) is 0 Å². The van der Waals surface area contributed by atoms with E-state index in [1.54, 1.807) is 0 Å². The maximum atomic E-state index is 5.57. The number of halogens is 1. The van der Waals surface area contributed by atoms with E-state index in [9.17, 15) is 0 Å². The minimum Gasteiger partial charge on any atom is -0.375 e. The number of ether oxygens (including phenoxy) is 1. The molecule has 0 saturated heterocycles. The molecular formula is C11H19ClO. The molecule has 1 atom stereocenters. The Balaban J connectivity index is 3.87. The molecule has 13 heavy (non-hydrogen) atoms. The first-order valence-electron chi connectivity index (χ1n) is 4.41. The summed E-state index contributed by atoms with van der Waals surface area (Å²) in [5.74, 6) is 0.350. The summed E-state index contributed by atoms with van der Waals surface area (Å²) in [5.41, 5.74) is 0.190. The number of hydrogen-bond acceptors (Lipinski definition) is 1. The van der Waals surface area contributed by atoms with Gasteiger partial charge in [0, 0.05) is 11.0 Å². The normalized spacial score (nSPS) is 13.8. The first kappa shape index (κ1) is 12.7. The Morgan fingerprint density at radius 2 is 2.08 bits per heavy atom. The van der Waals surface area contributed by atoms with Crippen LogP contribution in [-0.2, 0) is 4.74 Å². The van der Waals surface area contributed by atoms with Crippen LogP contribution in [0.5, 0.6) is 0 Å². The van der Waals surface area contributed by atoms with Crippen LogP contribution in [0.2, 0.25) is 0 Å². The Labute approximate surface area is 86.4 Å². The van der Waals surface area contributed by atoms with Crippen molar-refractivity contribution in [3.05, 3.63) is 24.3 Å². The zero-order chi connectivity index (χ0) is 10.5. The fourth-order valence-electron chi connectivity index (χ4n) is 0.968. The summed E-state index contributed by atoms with van der Waals surface area (Å²) in [6.07, 6.45) is 1.93. The molecule has 0 aromatic heterocycles. The van der Waals surface area contributed by atoms with Gasteiger partial charge in [-0.05, 0) is 5.41 Å². The highest BCUT2D eigenvalue weighted by molar-refractivity contribution is 6.29. The van der Waals surface area contributed by atoms with E-state index in [0.29, 0.717) is 24.2 Å². The van der Waals surface area contributed by atoms with Crippen molar-refractivity contribution in [3.8, 4) is 0 Å². The average Bonchev–Trinajstić information content (AvgIpc) is 1.95. The van der Waals surface area contributed by atoms with Crippen molar-refractivity contribution in [3.63, 3.8) is 0 Å². The molecule has 2 heteroatoms. The van der Waals surface area contributed by atoms with Gasteiger partial charge in [-0.3, -0.25) is 0 Å². The highest BCUT2D eigenvalue weighted by atomic mass is 35.5. The van der Waals surface area contributed by atoms with Crippen LogP contribution in [0.3, 0.4) is 0 Å². The number of rotatable bonds is 5. The van der Waals surface area contributed by atoms with E-state index < -0.39 is 0 Å². The smallest absolute Gasteiger partial charge is 0.0817 e. The van der Waals surface area contributed by atoms with Gasteiger partial charge in [0.2, 0.25) is 0 Å². The maximum absolute atomic E-state index is 5.57. The van der Waals surface area contributed by atoms with Crippen LogP contribution in [0.4, 0.5) is 0 Å². The minimum absolute atomic E-state index is 0.190. The van der Waals surface area contributed by atoms with Crippen LogP contribution in [0, 0.1) is 11.3 Å². The van der Waals surface area contributed by atoms with Crippen molar-refractivity contribution in [1.82, 2.24) is 0 Å². The summed E-state index contributed by atoms with van der Waals surface area (Å²) in [6, 6.07) is 0. The SMILES string of the molecule is C=C[C@H](COCC(=C)Cl)C(C)(C)C. The van der Waals surface area contributed by atoms with Crippen molar-refractivity contribution in [1.29, 1.82) is 0 Å². The molecule has 0 aliphatic heterocycles. The van der Waals surface area contributed by atoms with Crippen molar-refractivity contribution in [2.24, 2.45) is 11.3 Å². The van der Waals surface area contributed by atoms with Gasteiger partial charge in [-0.1, -0.05) is 45.0 Å². The van der Waals surface area contributed by atoms with Crippen molar-refractivity contribution >= 4 is 11.6 Å². The van der Waals surface area contributed by atoms with Gasteiger partial charge in [0.25, 0.3) is 0 Å². The predicted molar refractivity (Wildman–Crippen MR) is 59.0 cm³/mol. The standard InChI is InChI=1S/C11H19ClO/c1-6-10(11(3,4)5)8-13-7-9(2)12/h6,10H,1-2,7-8H2,3-5H3/t10-/m1/s1. The van der Waals surface area contributed by atoms with Gasteiger partial charge in [0.05, 0.1) is 13.2 Å². The molecule has 1 nitrogen and oxygen atoms in total. The molecule has 0 unspecified atom stereocenters. The Kier molecular flexibility index (Phi) is 5.34. The van der Waals surface area contributed by atoms with E-state index in [2.05, 4.69) is 33.9 Å². The maximum Gasteiger partial charge on any atom is 0.0817 e. The quantitative estimate of drug-likeness (QED) is 0.619. The van der Waals surface area contributed by atoms with Gasteiger partial charge in [-0.2, -0.15) is 0 Å². The van der Waals surface area contributed by atoms with Crippen LogP contribution >= 0.6 is 11.6 Å². The third kappa shape index (κ3) is 5.89. The second-order valence-electron chi connectivity index (χ2n) is 4.24. The Hall–Kier alpha value is -0.270. The summed E-state index contributed by atoms with van der Waals surface area (Å²) in [5, 5.41) is 0.539. The molecule has 0 aliphatic rings. The highest BCUT2D eigenvalue weighted by Crippen LogP contribution is 2.26. The minimum atomic E-state index is 0.190. The lowest BCUT2D eigenvalue weighted by molar-refractivity contribution is 0.0933. The molecule has 0 aliphatic carbocycles. The van der Waals surface area contributed by atoms with E-state index in [4.69, 9.17) is 16.3 Å². The van der Waals surface area contributed by atoms with E-state index >= 15 is 0 Å². The van der Waals surface area contributed by atoms with Crippen LogP contribution in [0.1, 0.15) is 20.8 Å². The lowest BCUT2D eigenvalue weighted by Gasteiger charge is -2.27. The molecule has 0 fully saturated rings. The van der Waals surface area contributed by atoms with E-state index in [-0.39, 0.29) is 5.41 Å². The zero-order valence-corrected chi connectivity index (χ0v) is 9.53. The summed E-state index contributed by atoms with van der Waals surface area (Å²) in [7, 11) is 0. The van der Waals surface area contributed by atoms with Crippen LogP contribution in [0.25, 0.3) is 0 Å². The topological polar surface area (TPSA) is 9.23 Å². The van der Waals surface area contributed by atoms with E-state index in [1.807, 2.05) is 6.08 Å². The lowest BCUT2D eigenvalue weighted by atomic mass is 9.81. The Morgan fingerprint density at radius 3 is 2.38 bits per heavy atom. The molecule has 0 aromatic rings. The molecule has 76 valence electrons. The summed E-state index contributed by atoms with van der Waals surface area (Å²) < 4.78 is 5.37. The molecule has 0 aromatic carbocycles. The first-order chi connectivity index (χ1) is 5.88. The van der Waals surface area contributed by atoms with Gasteiger partial charge >= 0.3 is 0 Å². The summed E-state index contributed by atoms with van der Waals surface area (Å²) in [4.78, 5) is 0. The van der Waals surface area contributed by atoms with Crippen molar-refractivity contribution in [2.75, 3.05) is 13.2 Å². The van der Waals surface area contributed by atoms with Crippen LogP contribution in [0.15, 0.2) is 24.3 Å². The molecule has 0 spiro atoms. The molecule has 0 rings (SSSR count). The van der Waals surface area contributed by atoms with E-state index in [1.165, 1.54) is 0 Å². The third-order valence-corrected chi connectivity index (χ3v) is 2.06. The van der Waals surface area contributed by atoms with Gasteiger partial charge in [0.1, 0.15) is 0 Å². The molecule has 0 amide bonds. The fourth-order valence-corrected chi connectivity index (χ4v) is 1.05. The van der Waals surface area contributed by atoms with Crippen molar-refractivity contribution < 1.29 is 4.74 Å². The zero-order valence-electron chi connectivity index (χ0n) is 8.77. The van der Waals surface area contributed by atoms with Crippen molar-refractivity contribution in [2.45, 2.75) is 20.8 Å². The summed E-state index contributed by atoms with van der Waals surface area (Å²) >= 11 is 5.57. The van der Waals surface area contributed by atoms with Gasteiger partial charge in [-0.25, -0.2) is 0 Å². The average molecular weight is 203 g/mol. The monoisotopic (exact) mass is 202 g/mol. The second kappa shape index (κ2) is 5.46. The first-order valence-corrected chi connectivity index (χ1v) is 4.79. The molecule has 0 bridgehead atoms. The van der Waals surface area contributed by atoms with Crippen LogP contribution in [-0.4, -0.2) is 13.2 Å². The summed E-state index contributed by atoms with van der Waals surface area (Å²) in [6.45, 7) is 14.9. The van der Waals surface area contributed by atoms with Gasteiger partial charge in [-0.15, -0.1) is 6.58 Å². The molecular weight excluding hydrogens is 184 g/mol. The Bertz CT molecular complexity index is 179. The molecule has 0 N–H and O–H groups in total. The van der Waals surface area contributed by atoms with Crippen LogP contribution < -0.4 is 0 Å². The predicted octanol–water partition coefficient (Wildman–Crippen LogP) is 3.60. The highest BCUT2D eigenvalue weighted by Gasteiger charge is 2.21. The molecule has 0 radical (unpaired) electrons. The Morgan fingerprint density at radius 1 is 1.54 bits per heavy atom. The number of hydrogen-bond donors (Lipinski definition) is 0. The third-order valence-electron chi connectivity index (χ3n) is 1.95. The lowest BCUT2D eigenvalue weighted by Crippen LogP contribution is -2.23. The fraction of sp³-hybridized carbons (Fsp3) is 0.636. The molecule has 0 saturated carbocycles. The van der Waals surface area contributed by atoms with Gasteiger partial charge in [0.15, 0.2) is 0 Å². The van der Waals surface area contributed by atoms with Gasteiger partial charge < -0.3 is 4.74 Å². The largest absolute Gasteiger partial charge is 0.375 e.